The fourth-order valence-corrected chi connectivity index (χ4v) is 4.66. The molecule has 0 bridgehead atoms. The predicted octanol–water partition coefficient (Wildman–Crippen LogP) is 2.14. The summed E-state index contributed by atoms with van der Waals surface area (Å²) >= 11 is 0. The Bertz CT molecular complexity index is 687. The molecule has 23 heavy (non-hydrogen) atoms. The van der Waals surface area contributed by atoms with E-state index in [4.69, 9.17) is 0 Å². The molecule has 1 saturated heterocycles. The van der Waals surface area contributed by atoms with E-state index in [1.165, 1.54) is 24.3 Å². The van der Waals surface area contributed by atoms with E-state index >= 15 is 0 Å². The molecule has 0 radical (unpaired) electrons. The monoisotopic (exact) mass is 343 g/mol. The average molecular weight is 343 g/mol. The van der Waals surface area contributed by atoms with E-state index in [0.717, 1.165) is 6.26 Å². The van der Waals surface area contributed by atoms with E-state index in [1.807, 2.05) is 13.8 Å². The fourth-order valence-electron chi connectivity index (χ4n) is 3.35. The molecule has 0 unspecified atom stereocenters. The Morgan fingerprint density at radius 3 is 2.39 bits per heavy atom. The van der Waals surface area contributed by atoms with E-state index in [2.05, 4.69) is 5.32 Å². The van der Waals surface area contributed by atoms with Gasteiger partial charge in [0.25, 0.3) is 0 Å². The molecule has 128 valence electrons. The molecule has 0 aliphatic carbocycles. The molecule has 7 heteroatoms. The lowest BCUT2D eigenvalue weighted by molar-refractivity contribution is -0.145. The largest absolute Gasteiger partial charge is 0.480 e. The van der Waals surface area contributed by atoms with Crippen molar-refractivity contribution >= 4 is 15.8 Å². The van der Waals surface area contributed by atoms with Gasteiger partial charge in [-0.15, -0.1) is 0 Å². The van der Waals surface area contributed by atoms with E-state index in [1.54, 1.807) is 0 Å². The smallest absolute Gasteiger partial charge is 0.323 e. The Labute approximate surface area is 135 Å². The van der Waals surface area contributed by atoms with Crippen LogP contribution in [0.3, 0.4) is 0 Å². The van der Waals surface area contributed by atoms with Crippen LogP contribution in [0.2, 0.25) is 0 Å². The maximum Gasteiger partial charge on any atom is 0.323 e. The number of hydrogen-bond acceptors (Lipinski definition) is 4. The van der Waals surface area contributed by atoms with Crippen molar-refractivity contribution in [3.63, 3.8) is 0 Å². The average Bonchev–Trinajstić information content (AvgIpc) is 2.80. The van der Waals surface area contributed by atoms with Crippen molar-refractivity contribution in [1.82, 2.24) is 5.32 Å². The Hall–Kier alpha value is -1.47. The minimum absolute atomic E-state index is 0.00138. The molecule has 0 spiro atoms. The standard InChI is InChI=1S/C16H22FNO4S/c1-10(2)8-16(15(19)20)9-13(23(3,21)22)14(18-16)11-4-6-12(17)7-5-11/h4-7,10,13-14,18H,8-9H2,1-3H3,(H,19,20)/t13-,14-,16-/m1/s1. The van der Waals surface area contributed by atoms with Gasteiger partial charge in [-0.3, -0.25) is 10.1 Å². The molecule has 1 aliphatic heterocycles. The van der Waals surface area contributed by atoms with E-state index in [9.17, 15) is 22.7 Å². The van der Waals surface area contributed by atoms with Gasteiger partial charge in [0.05, 0.1) is 5.25 Å². The van der Waals surface area contributed by atoms with Crippen LogP contribution < -0.4 is 5.32 Å². The molecule has 1 aromatic rings. The summed E-state index contributed by atoms with van der Waals surface area (Å²) in [6, 6.07) is 4.83. The van der Waals surface area contributed by atoms with Gasteiger partial charge in [0.2, 0.25) is 0 Å². The summed E-state index contributed by atoms with van der Waals surface area (Å²) < 4.78 is 37.5. The first-order chi connectivity index (χ1) is 10.5. The molecule has 0 aromatic heterocycles. The Balaban J connectivity index is 2.47. The molecule has 2 N–H and O–H groups in total. The van der Waals surface area contributed by atoms with Crippen molar-refractivity contribution in [3.05, 3.63) is 35.6 Å². The highest BCUT2D eigenvalue weighted by Gasteiger charge is 2.53. The van der Waals surface area contributed by atoms with Crippen LogP contribution in [0.4, 0.5) is 4.39 Å². The molecule has 3 atom stereocenters. The van der Waals surface area contributed by atoms with E-state index in [0.29, 0.717) is 12.0 Å². The van der Waals surface area contributed by atoms with Crippen molar-refractivity contribution in [2.75, 3.05) is 6.26 Å². The maximum atomic E-state index is 13.1. The lowest BCUT2D eigenvalue weighted by atomic mass is 9.87. The van der Waals surface area contributed by atoms with Crippen LogP contribution in [0.25, 0.3) is 0 Å². The molecule has 1 fully saturated rings. The number of sulfone groups is 1. The number of carboxylic acid groups (broad SMARTS) is 1. The van der Waals surface area contributed by atoms with Crippen molar-refractivity contribution in [2.24, 2.45) is 5.92 Å². The molecule has 5 nitrogen and oxygen atoms in total. The summed E-state index contributed by atoms with van der Waals surface area (Å²) in [7, 11) is -3.47. The van der Waals surface area contributed by atoms with Gasteiger partial charge in [-0.1, -0.05) is 26.0 Å². The molecule has 0 saturated carbocycles. The third-order valence-electron chi connectivity index (χ3n) is 4.30. The lowest BCUT2D eigenvalue weighted by Gasteiger charge is -2.27. The Morgan fingerprint density at radius 2 is 1.96 bits per heavy atom. The molecule has 0 amide bonds. The topological polar surface area (TPSA) is 83.5 Å². The second kappa shape index (κ2) is 6.20. The van der Waals surface area contributed by atoms with Crippen LogP contribution in [-0.2, 0) is 14.6 Å². The van der Waals surface area contributed by atoms with Gasteiger partial charge >= 0.3 is 5.97 Å². The van der Waals surface area contributed by atoms with E-state index < -0.39 is 38.5 Å². The number of carbonyl (C=O) groups is 1. The highest BCUT2D eigenvalue weighted by atomic mass is 32.2. The van der Waals surface area contributed by atoms with Crippen molar-refractivity contribution in [2.45, 2.75) is 43.5 Å². The number of rotatable bonds is 5. The lowest BCUT2D eigenvalue weighted by Crippen LogP contribution is -2.49. The first-order valence-corrected chi connectivity index (χ1v) is 9.46. The van der Waals surface area contributed by atoms with Gasteiger partial charge < -0.3 is 5.11 Å². The number of carboxylic acids is 1. The van der Waals surface area contributed by atoms with Gasteiger partial charge in [0.1, 0.15) is 11.4 Å². The third kappa shape index (κ3) is 3.72. The number of benzene rings is 1. The van der Waals surface area contributed by atoms with Gasteiger partial charge in [0, 0.05) is 12.3 Å². The maximum absolute atomic E-state index is 13.1. The zero-order valence-electron chi connectivity index (χ0n) is 13.4. The number of aliphatic carboxylic acids is 1. The SMILES string of the molecule is CC(C)C[C@]1(C(=O)O)C[C@@H](S(C)(=O)=O)[C@@H](c2ccc(F)cc2)N1. The van der Waals surface area contributed by atoms with Crippen molar-refractivity contribution < 1.29 is 22.7 Å². The minimum atomic E-state index is -3.47. The fraction of sp³-hybridized carbons (Fsp3) is 0.562. The Morgan fingerprint density at radius 1 is 1.39 bits per heavy atom. The van der Waals surface area contributed by atoms with Gasteiger partial charge in [-0.2, -0.15) is 0 Å². The summed E-state index contributed by atoms with van der Waals surface area (Å²) in [6.07, 6.45) is 1.44. The Kier molecular flexibility index (Phi) is 4.82. The third-order valence-corrected chi connectivity index (χ3v) is 5.84. The number of nitrogens with one attached hydrogen (secondary N) is 1. The van der Waals surface area contributed by atoms with Crippen LogP contribution in [-0.4, -0.2) is 36.5 Å². The molecule has 1 aliphatic rings. The first-order valence-electron chi connectivity index (χ1n) is 7.50. The quantitative estimate of drug-likeness (QED) is 0.856. The van der Waals surface area contributed by atoms with E-state index in [-0.39, 0.29) is 12.3 Å². The van der Waals surface area contributed by atoms with Gasteiger partial charge in [-0.05, 0) is 36.5 Å². The van der Waals surface area contributed by atoms with Crippen molar-refractivity contribution in [1.29, 1.82) is 0 Å². The van der Waals surface area contributed by atoms with Crippen LogP contribution in [0.15, 0.2) is 24.3 Å². The predicted molar refractivity (Wildman–Crippen MR) is 85.3 cm³/mol. The molecule has 1 heterocycles. The molecule has 1 aromatic carbocycles. The normalized spacial score (nSPS) is 28.2. The minimum Gasteiger partial charge on any atom is -0.480 e. The summed E-state index contributed by atoms with van der Waals surface area (Å²) in [5, 5.41) is 11.9. The van der Waals surface area contributed by atoms with Crippen LogP contribution in [0.5, 0.6) is 0 Å². The summed E-state index contributed by atoms with van der Waals surface area (Å²) in [5.74, 6) is -1.38. The highest BCUT2D eigenvalue weighted by Crippen LogP contribution is 2.40. The van der Waals surface area contributed by atoms with Gasteiger partial charge in [-0.25, -0.2) is 12.8 Å². The van der Waals surface area contributed by atoms with Crippen LogP contribution >= 0.6 is 0 Å². The second-order valence-electron chi connectivity index (χ2n) is 6.73. The second-order valence-corrected chi connectivity index (χ2v) is 9.00. The molecule has 2 rings (SSSR count). The molecular weight excluding hydrogens is 321 g/mol. The van der Waals surface area contributed by atoms with Crippen molar-refractivity contribution in [3.8, 4) is 0 Å². The molecular formula is C16H22FNO4S. The number of hydrogen-bond donors (Lipinski definition) is 2. The zero-order chi connectivity index (χ0) is 17.4. The summed E-state index contributed by atoms with van der Waals surface area (Å²) in [5.41, 5.74) is -0.713. The zero-order valence-corrected chi connectivity index (χ0v) is 14.2. The summed E-state index contributed by atoms with van der Waals surface area (Å²) in [4.78, 5) is 11.8. The van der Waals surface area contributed by atoms with Crippen LogP contribution in [0.1, 0.15) is 38.3 Å². The first kappa shape index (κ1) is 17.9. The number of halogens is 1. The highest BCUT2D eigenvalue weighted by molar-refractivity contribution is 7.91. The van der Waals surface area contributed by atoms with Crippen LogP contribution in [0, 0.1) is 11.7 Å². The van der Waals surface area contributed by atoms with Gasteiger partial charge in [0.15, 0.2) is 9.84 Å². The summed E-state index contributed by atoms with van der Waals surface area (Å²) in [6.45, 7) is 3.79.